The lowest BCUT2D eigenvalue weighted by Gasteiger charge is -2.38. The Labute approximate surface area is 333 Å². The SMILES string of the molecule is CBr.CC[n+]1cc2cc(N3C(=O)c4ccc(C(c5ccc6c(c5)C(=O)N(C(C)(C)C)C6=O)(C(F)(F)F)C(F)(F)F)cc4C3=O)ccc2c2ccc(C(C)(C)C)cc21. The van der Waals surface area contributed by atoms with Gasteiger partial charge in [-0.2, -0.15) is 30.9 Å². The van der Waals surface area contributed by atoms with Gasteiger partial charge >= 0.3 is 12.4 Å². The zero-order chi connectivity index (χ0) is 42.4. The average Bonchev–Trinajstić information content (AvgIpc) is 3.53. The number of carbonyl (C=O) groups is 4. The second-order valence-corrected chi connectivity index (χ2v) is 16.0. The fourth-order valence-electron chi connectivity index (χ4n) is 7.78. The van der Waals surface area contributed by atoms with Gasteiger partial charge in [-0.1, -0.05) is 61.0 Å². The molecule has 2 aliphatic heterocycles. The Morgan fingerprint density at radius 1 is 0.579 bits per heavy atom. The van der Waals surface area contributed by atoms with E-state index in [0.717, 1.165) is 43.8 Å². The van der Waals surface area contributed by atoms with Crippen LogP contribution in [0.15, 0.2) is 79.0 Å². The number of rotatable bonds is 4. The zero-order valence-electron chi connectivity index (χ0n) is 32.3. The molecular weight excluding hydrogens is 816 g/mol. The van der Waals surface area contributed by atoms with E-state index in [1.165, 1.54) is 26.8 Å². The average molecular weight is 856 g/mol. The van der Waals surface area contributed by atoms with Gasteiger partial charge in [-0.15, -0.1) is 0 Å². The topological polar surface area (TPSA) is 78.6 Å². The van der Waals surface area contributed by atoms with Crippen molar-refractivity contribution in [1.82, 2.24) is 4.90 Å². The van der Waals surface area contributed by atoms with Crippen LogP contribution < -0.4 is 9.47 Å². The van der Waals surface area contributed by atoms with Gasteiger partial charge in [-0.05, 0) is 98.1 Å². The number of alkyl halides is 7. The van der Waals surface area contributed by atoms with Gasteiger partial charge in [0.2, 0.25) is 10.9 Å². The number of halogens is 7. The molecular formula is C43H39BrF6N3O4+. The summed E-state index contributed by atoms with van der Waals surface area (Å²) in [5.74, 6) is -2.10. The molecule has 0 bridgehead atoms. The Morgan fingerprint density at radius 2 is 1.05 bits per heavy atom. The summed E-state index contributed by atoms with van der Waals surface area (Å²) in [5, 5.41) is 2.36. The predicted molar refractivity (Wildman–Crippen MR) is 208 cm³/mol. The third-order valence-corrected chi connectivity index (χ3v) is 10.6. The summed E-state index contributed by atoms with van der Waals surface area (Å²) in [4.78, 5) is 55.4. The van der Waals surface area contributed by atoms with E-state index < -0.39 is 69.2 Å². The maximum absolute atomic E-state index is 15.3. The summed E-state index contributed by atoms with van der Waals surface area (Å²) >= 11 is 2.94. The highest BCUT2D eigenvalue weighted by molar-refractivity contribution is 9.08. The first-order valence-corrected chi connectivity index (χ1v) is 19.5. The van der Waals surface area contributed by atoms with Crippen LogP contribution in [0.3, 0.4) is 0 Å². The van der Waals surface area contributed by atoms with Gasteiger partial charge in [0.1, 0.15) is 6.54 Å². The molecule has 5 aromatic rings. The number of amides is 4. The van der Waals surface area contributed by atoms with Gasteiger partial charge in [0, 0.05) is 22.4 Å². The van der Waals surface area contributed by atoms with E-state index >= 15 is 26.3 Å². The number of fused-ring (bicyclic) bond motifs is 5. The van der Waals surface area contributed by atoms with E-state index in [1.807, 2.05) is 35.7 Å². The molecule has 1 aromatic heterocycles. The molecule has 2 aliphatic rings. The first-order chi connectivity index (χ1) is 26.4. The van der Waals surface area contributed by atoms with E-state index in [4.69, 9.17) is 0 Å². The Bertz CT molecular complexity index is 2520. The molecule has 0 saturated heterocycles. The molecule has 3 heterocycles. The standard InChI is InChI=1S/C42H36F6N3O4.CH3Br/c1-8-49-21-22-17-26(12-16-27(22)28-13-9-23(20-33(28)49)38(2,3)4)50-34(52)29-14-10-24(18-31(29)35(50)53)40(41(43,44)45,42(46,47)48)25-11-15-30-32(19-25)37(55)51(36(30)54)39(5,6)7;1-2/h9-21H,8H2,1-7H3;1H3/q+1;. The largest absolute Gasteiger partial charge is 0.411 e. The quantitative estimate of drug-likeness (QED) is 0.0593. The van der Waals surface area contributed by atoms with Crippen LogP contribution in [0.1, 0.15) is 107 Å². The summed E-state index contributed by atoms with van der Waals surface area (Å²) in [5.41, 5.74) is -8.57. The van der Waals surface area contributed by atoms with Gasteiger partial charge in [0.05, 0.1) is 33.3 Å². The highest BCUT2D eigenvalue weighted by atomic mass is 79.9. The molecule has 4 aromatic carbocycles. The van der Waals surface area contributed by atoms with Crippen molar-refractivity contribution in [1.29, 1.82) is 0 Å². The van der Waals surface area contributed by atoms with Crippen LogP contribution in [0, 0.1) is 0 Å². The highest BCUT2D eigenvalue weighted by Crippen LogP contribution is 2.57. The van der Waals surface area contributed by atoms with Crippen molar-refractivity contribution in [3.8, 4) is 0 Å². The van der Waals surface area contributed by atoms with E-state index in [2.05, 4.69) is 42.8 Å². The minimum atomic E-state index is -6.07. The van der Waals surface area contributed by atoms with Crippen molar-refractivity contribution in [2.75, 3.05) is 10.7 Å². The molecule has 0 N–H and O–H groups in total. The molecule has 14 heteroatoms. The molecule has 57 heavy (non-hydrogen) atoms. The van der Waals surface area contributed by atoms with Crippen LogP contribution in [-0.2, 0) is 17.4 Å². The summed E-state index contributed by atoms with van der Waals surface area (Å²) in [6.45, 7) is 13.4. The van der Waals surface area contributed by atoms with Crippen LogP contribution in [0.5, 0.6) is 0 Å². The first-order valence-electron chi connectivity index (χ1n) is 17.9. The molecule has 0 saturated carbocycles. The number of hydrogen-bond acceptors (Lipinski definition) is 4. The number of imide groups is 2. The Balaban J connectivity index is 0.00000270. The molecule has 0 aliphatic carbocycles. The van der Waals surface area contributed by atoms with Gasteiger partial charge in [0.25, 0.3) is 23.6 Å². The van der Waals surface area contributed by atoms with Crippen molar-refractivity contribution >= 4 is 66.9 Å². The van der Waals surface area contributed by atoms with E-state index in [-0.39, 0.29) is 22.2 Å². The van der Waals surface area contributed by atoms with E-state index in [0.29, 0.717) is 36.2 Å². The molecule has 0 radical (unpaired) electrons. The predicted octanol–water partition coefficient (Wildman–Crippen LogP) is 10.2. The summed E-state index contributed by atoms with van der Waals surface area (Å²) in [6.07, 6.45) is -10.3. The van der Waals surface area contributed by atoms with Crippen molar-refractivity contribution in [3.05, 3.63) is 118 Å². The third-order valence-electron chi connectivity index (χ3n) is 10.6. The highest BCUT2D eigenvalue weighted by Gasteiger charge is 2.73. The van der Waals surface area contributed by atoms with Crippen molar-refractivity contribution < 1.29 is 50.1 Å². The van der Waals surface area contributed by atoms with Crippen LogP contribution in [0.4, 0.5) is 32.0 Å². The van der Waals surface area contributed by atoms with Crippen LogP contribution >= 0.6 is 15.9 Å². The summed E-state index contributed by atoms with van der Waals surface area (Å²) in [6, 6.07) is 14.5. The van der Waals surface area contributed by atoms with Gasteiger partial charge in [-0.25, -0.2) is 4.90 Å². The third kappa shape index (κ3) is 6.31. The minimum absolute atomic E-state index is 0.0803. The number of carbonyl (C=O) groups excluding carboxylic acids is 4. The maximum atomic E-state index is 15.3. The lowest BCUT2D eigenvalue weighted by molar-refractivity contribution is -0.666. The molecule has 0 fully saturated rings. The Hall–Kier alpha value is -5.11. The van der Waals surface area contributed by atoms with Crippen molar-refractivity contribution in [2.24, 2.45) is 0 Å². The molecule has 7 rings (SSSR count). The number of nitrogens with zero attached hydrogens (tertiary/aromatic N) is 3. The maximum Gasteiger partial charge on any atom is 0.411 e. The zero-order valence-corrected chi connectivity index (χ0v) is 33.9. The second-order valence-electron chi connectivity index (χ2n) is 16.0. The Kier molecular flexibility index (Phi) is 10.0. The summed E-state index contributed by atoms with van der Waals surface area (Å²) < 4.78 is 93.6. The fraction of sp³-hybridized carbons (Fsp3) is 0.326. The molecule has 298 valence electrons. The fourth-order valence-corrected chi connectivity index (χ4v) is 7.78. The number of anilines is 1. The first kappa shape index (κ1) is 41.5. The number of benzene rings is 4. The Morgan fingerprint density at radius 3 is 1.56 bits per heavy atom. The molecule has 0 spiro atoms. The van der Waals surface area contributed by atoms with Crippen LogP contribution in [-0.4, -0.2) is 52.3 Å². The van der Waals surface area contributed by atoms with E-state index in [9.17, 15) is 19.2 Å². The molecule has 4 amide bonds. The smallest absolute Gasteiger partial charge is 0.269 e. The van der Waals surface area contributed by atoms with Gasteiger partial charge in [0.15, 0.2) is 6.20 Å². The molecule has 0 unspecified atom stereocenters. The van der Waals surface area contributed by atoms with Crippen LogP contribution in [0.2, 0.25) is 0 Å². The molecule has 7 nitrogen and oxygen atoms in total. The van der Waals surface area contributed by atoms with Crippen molar-refractivity contribution in [3.63, 3.8) is 0 Å². The van der Waals surface area contributed by atoms with Crippen molar-refractivity contribution in [2.45, 2.75) is 83.7 Å². The van der Waals surface area contributed by atoms with E-state index in [1.54, 1.807) is 12.1 Å². The van der Waals surface area contributed by atoms with Gasteiger partial charge in [-0.3, -0.25) is 24.1 Å². The summed E-state index contributed by atoms with van der Waals surface area (Å²) in [7, 11) is 0. The molecule has 0 atom stereocenters. The number of aromatic nitrogens is 1. The number of hydrogen-bond donors (Lipinski definition) is 0. The van der Waals surface area contributed by atoms with Crippen LogP contribution in [0.25, 0.3) is 21.7 Å². The second kappa shape index (κ2) is 13.8. The normalized spacial score (nSPS) is 15.1. The monoisotopic (exact) mass is 854 g/mol. The van der Waals surface area contributed by atoms with Gasteiger partial charge < -0.3 is 0 Å². The minimum Gasteiger partial charge on any atom is -0.269 e. The number of pyridine rings is 1. The number of aryl methyl sites for hydroxylation is 1. The lowest BCUT2D eigenvalue weighted by atomic mass is 9.71. The lowest BCUT2D eigenvalue weighted by Crippen LogP contribution is -2.55.